The lowest BCUT2D eigenvalue weighted by Crippen LogP contribution is -2.55. The molecule has 3 unspecified atom stereocenters. The van der Waals surface area contributed by atoms with E-state index in [4.69, 9.17) is 4.74 Å². The first-order valence-electron chi connectivity index (χ1n) is 13.5. The van der Waals surface area contributed by atoms with Crippen molar-refractivity contribution in [2.24, 2.45) is 11.8 Å². The van der Waals surface area contributed by atoms with Crippen LogP contribution in [0, 0.1) is 18.8 Å². The monoisotopic (exact) mass is 480 g/mol. The van der Waals surface area contributed by atoms with Gasteiger partial charge in [-0.2, -0.15) is 0 Å². The molecule has 1 saturated carbocycles. The topological polar surface area (TPSA) is 9.23 Å². The van der Waals surface area contributed by atoms with Crippen molar-refractivity contribution in [3.8, 4) is 5.75 Å². The third-order valence-electron chi connectivity index (χ3n) is 8.44. The molecule has 1 aromatic rings. The first-order chi connectivity index (χ1) is 15.7. The number of benzene rings is 1. The van der Waals surface area contributed by atoms with E-state index in [1.54, 1.807) is 10.8 Å². The Morgan fingerprint density at radius 1 is 1.09 bits per heavy atom. The number of hydrogen-bond acceptors (Lipinski definition) is 1. The van der Waals surface area contributed by atoms with E-state index >= 15 is 0 Å². The molecule has 1 nitrogen and oxygen atoms in total. The molecule has 182 valence electrons. The number of unbranched alkanes of at least 4 members (excludes halogenated alkanes) is 1. The number of rotatable bonds is 11. The Kier molecular flexibility index (Phi) is 8.72. The molecule has 3 atom stereocenters. The minimum atomic E-state index is -1.88. The number of ether oxygens (including phenoxy) is 1. The molecule has 3 rings (SSSR count). The maximum atomic E-state index is 6.64. The summed E-state index contributed by atoms with van der Waals surface area (Å²) in [6, 6.07) is 7.57. The number of aryl methyl sites for hydroxylation is 1. The number of allylic oxidation sites excluding steroid dienone is 4. The van der Waals surface area contributed by atoms with Crippen LogP contribution in [-0.4, -0.2) is 22.8 Å². The molecule has 3 heteroatoms. The number of hydrogen-bond donors (Lipinski definition) is 0. The summed E-state index contributed by atoms with van der Waals surface area (Å²) in [6.45, 7) is 21.6. The van der Waals surface area contributed by atoms with Crippen molar-refractivity contribution < 1.29 is 4.74 Å². The zero-order chi connectivity index (χ0) is 24.2. The highest BCUT2D eigenvalue weighted by Crippen LogP contribution is 2.56. The smallest absolute Gasteiger partial charge is 0.118 e. The van der Waals surface area contributed by atoms with Gasteiger partial charge in [-0.15, -0.1) is 0 Å². The lowest BCUT2D eigenvalue weighted by atomic mass is 9.94. The summed E-state index contributed by atoms with van der Waals surface area (Å²) in [5, 5.41) is 3.13. The third-order valence-corrected chi connectivity index (χ3v) is 16.4. The second-order valence-corrected chi connectivity index (χ2v) is 21.5. The second kappa shape index (κ2) is 10.9. The fourth-order valence-electron chi connectivity index (χ4n) is 6.81. The molecule has 0 aromatic heterocycles. The molecule has 0 spiro atoms. The van der Waals surface area contributed by atoms with Gasteiger partial charge in [0.05, 0.1) is 16.1 Å². The minimum Gasteiger partial charge on any atom is -0.490 e. The molecule has 0 N–H and O–H groups in total. The zero-order valence-corrected chi connectivity index (χ0v) is 24.5. The number of fused-ring (bicyclic) bond motifs is 1. The third kappa shape index (κ3) is 5.20. The van der Waals surface area contributed by atoms with Gasteiger partial charge >= 0.3 is 0 Å². The highest BCUT2D eigenvalue weighted by Gasteiger charge is 2.52. The van der Waals surface area contributed by atoms with E-state index in [1.165, 1.54) is 60.7 Å². The summed E-state index contributed by atoms with van der Waals surface area (Å²) < 4.78 is 6.64. The summed E-state index contributed by atoms with van der Waals surface area (Å²) in [5.41, 5.74) is 3.96. The Morgan fingerprint density at radius 3 is 2.39 bits per heavy atom. The Labute approximate surface area is 206 Å². The molecule has 0 radical (unpaired) electrons. The molecule has 2 aliphatic rings. The Morgan fingerprint density at radius 2 is 1.79 bits per heavy atom. The average Bonchev–Trinajstić information content (AvgIpc) is 3.16. The second-order valence-electron chi connectivity index (χ2n) is 11.5. The molecule has 0 saturated heterocycles. The highest BCUT2D eigenvalue weighted by atomic mass is 28.3. The molecule has 0 bridgehead atoms. The Hall–Kier alpha value is -1.33. The van der Waals surface area contributed by atoms with Gasteiger partial charge in [-0.25, -0.2) is 0 Å². The van der Waals surface area contributed by atoms with Gasteiger partial charge in [0.1, 0.15) is 12.4 Å². The minimum absolute atomic E-state index is 0.601. The lowest BCUT2D eigenvalue weighted by molar-refractivity contribution is 0.368. The average molecular weight is 481 g/mol. The van der Waals surface area contributed by atoms with Crippen LogP contribution in [0.25, 0.3) is 0 Å². The normalized spacial score (nSPS) is 22.8. The summed E-state index contributed by atoms with van der Waals surface area (Å²) in [6.07, 6.45) is 15.9. The van der Waals surface area contributed by atoms with Crippen molar-refractivity contribution in [3.63, 3.8) is 0 Å². The van der Waals surface area contributed by atoms with E-state index in [-0.39, 0.29) is 0 Å². The van der Waals surface area contributed by atoms with Gasteiger partial charge in [-0.1, -0.05) is 126 Å². The Balaban J connectivity index is 2.27. The van der Waals surface area contributed by atoms with Crippen molar-refractivity contribution in [3.05, 3.63) is 54.2 Å². The molecular formula is C30H48OSi2. The summed E-state index contributed by atoms with van der Waals surface area (Å²) in [4.78, 5) is 0. The van der Waals surface area contributed by atoms with Crippen LogP contribution in [-0.2, 0) is 0 Å². The maximum absolute atomic E-state index is 6.64. The van der Waals surface area contributed by atoms with Gasteiger partial charge in [0.25, 0.3) is 0 Å². The zero-order valence-electron chi connectivity index (χ0n) is 22.5. The maximum Gasteiger partial charge on any atom is 0.118 e. The molecule has 1 fully saturated rings. The van der Waals surface area contributed by atoms with Gasteiger partial charge < -0.3 is 4.74 Å². The van der Waals surface area contributed by atoms with Crippen LogP contribution in [0.15, 0.2) is 48.6 Å². The molecular weight excluding hydrogens is 433 g/mol. The van der Waals surface area contributed by atoms with Crippen LogP contribution in [0.1, 0.15) is 58.4 Å². The van der Waals surface area contributed by atoms with E-state index in [1.807, 2.05) is 6.08 Å². The van der Waals surface area contributed by atoms with Crippen LogP contribution in [0.3, 0.4) is 0 Å². The highest BCUT2D eigenvalue weighted by molar-refractivity contribution is 6.96. The van der Waals surface area contributed by atoms with Crippen molar-refractivity contribution >= 4 is 26.5 Å². The molecule has 0 amide bonds. The van der Waals surface area contributed by atoms with Crippen LogP contribution < -0.4 is 15.1 Å². The quantitative estimate of drug-likeness (QED) is 0.231. The summed E-state index contributed by atoms with van der Waals surface area (Å²) in [5.74, 6) is 2.85. The van der Waals surface area contributed by atoms with Crippen LogP contribution in [0.5, 0.6) is 5.75 Å². The summed E-state index contributed by atoms with van der Waals surface area (Å²) >= 11 is 0. The molecule has 2 aliphatic carbocycles. The van der Waals surface area contributed by atoms with Gasteiger partial charge in [0.2, 0.25) is 0 Å². The van der Waals surface area contributed by atoms with Gasteiger partial charge in [0.15, 0.2) is 0 Å². The first-order valence-corrected chi connectivity index (χ1v) is 19.5. The molecule has 0 heterocycles. The van der Waals surface area contributed by atoms with E-state index in [9.17, 15) is 0 Å². The van der Waals surface area contributed by atoms with Crippen molar-refractivity contribution in [2.75, 3.05) is 6.61 Å². The van der Waals surface area contributed by atoms with E-state index in [0.717, 1.165) is 17.4 Å². The molecule has 1 aromatic carbocycles. The Bertz CT molecular complexity index is 885. The largest absolute Gasteiger partial charge is 0.490 e. The molecule has 33 heavy (non-hydrogen) atoms. The van der Waals surface area contributed by atoms with E-state index < -0.39 is 16.1 Å². The van der Waals surface area contributed by atoms with Crippen molar-refractivity contribution in [1.29, 1.82) is 0 Å². The first kappa shape index (κ1) is 26.3. The van der Waals surface area contributed by atoms with Gasteiger partial charge in [0, 0.05) is 0 Å². The SMILES string of the molecule is C=CCOc1c([Si](C)(C)C)cc(C)cc1[Si](CC)(CC)C1C2=CC=CCC2CC1CCCC. The summed E-state index contributed by atoms with van der Waals surface area (Å²) in [7, 11) is -3.45. The van der Waals surface area contributed by atoms with Crippen LogP contribution in [0.4, 0.5) is 0 Å². The standard InChI is InChI=1S/C30H48OSi2/c1-9-13-16-25-22-24-17-14-15-18-26(24)30(25)33(11-3,12-4)28-21-23(5)20-27(32(6,7)8)29(28)31-19-10-2/h10,14-15,18,20-21,24-25,30H,2,9,11-13,16-17,19,22H2,1,3-8H3. The van der Waals surface area contributed by atoms with Gasteiger partial charge in [-0.05, 0) is 47.5 Å². The lowest BCUT2D eigenvalue weighted by Gasteiger charge is -2.43. The fraction of sp³-hybridized carbons (Fsp3) is 0.600. The van der Waals surface area contributed by atoms with E-state index in [0.29, 0.717) is 6.61 Å². The van der Waals surface area contributed by atoms with Crippen LogP contribution in [0.2, 0.25) is 37.3 Å². The molecule has 0 aliphatic heterocycles. The van der Waals surface area contributed by atoms with E-state index in [2.05, 4.69) is 84.3 Å². The fourth-order valence-corrected chi connectivity index (χ4v) is 14.3. The van der Waals surface area contributed by atoms with Crippen LogP contribution >= 0.6 is 0 Å². The van der Waals surface area contributed by atoms with Gasteiger partial charge in [-0.3, -0.25) is 0 Å². The van der Waals surface area contributed by atoms with Crippen molar-refractivity contribution in [2.45, 2.75) is 97.1 Å². The van der Waals surface area contributed by atoms with Crippen molar-refractivity contribution in [1.82, 2.24) is 0 Å². The predicted octanol–water partition coefficient (Wildman–Crippen LogP) is 7.88. The predicted molar refractivity (Wildman–Crippen MR) is 153 cm³/mol.